The van der Waals surface area contributed by atoms with Crippen LogP contribution in [0.4, 0.5) is 0 Å². The Bertz CT molecular complexity index is 1720. The predicted molar refractivity (Wildman–Crippen MR) is 182 cm³/mol. The number of nitrogens with zero attached hydrogens (tertiary/aromatic N) is 1. The zero-order valence-corrected chi connectivity index (χ0v) is 26.5. The van der Waals surface area contributed by atoms with E-state index in [0.717, 1.165) is 38.6 Å². The Morgan fingerprint density at radius 3 is 2.00 bits per heavy atom. The largest absolute Gasteiger partial charge is 0.481 e. The minimum Gasteiger partial charge on any atom is -0.481 e. The Labute approximate surface area is 273 Å². The third-order valence-electron chi connectivity index (χ3n) is 7.75. The van der Waals surface area contributed by atoms with E-state index in [1.165, 1.54) is 17.3 Å². The van der Waals surface area contributed by atoms with E-state index in [9.17, 15) is 14.7 Å². The monoisotopic (exact) mass is 642 g/mol. The summed E-state index contributed by atoms with van der Waals surface area (Å²) in [5.41, 5.74) is 4.25. The summed E-state index contributed by atoms with van der Waals surface area (Å²) < 4.78 is 8.15. The Balaban J connectivity index is 1.21. The van der Waals surface area contributed by atoms with Gasteiger partial charge in [-0.25, -0.2) is 4.79 Å². The fraction of sp³-hybridized carbons (Fsp3) is 0.243. The molecule has 2 N–H and O–H groups in total. The number of unbranched alkanes of at least 4 members (excludes halogenated alkanes) is 5. The summed E-state index contributed by atoms with van der Waals surface area (Å²) in [6, 6.07) is 28.4. The van der Waals surface area contributed by atoms with Crippen LogP contribution >= 0.6 is 23.2 Å². The molecule has 8 heteroatoms. The Morgan fingerprint density at radius 2 is 1.36 bits per heavy atom. The lowest BCUT2D eigenvalue weighted by Gasteiger charge is -2.18. The van der Waals surface area contributed by atoms with Crippen LogP contribution in [0.1, 0.15) is 48.9 Å². The third-order valence-corrected chi connectivity index (χ3v) is 8.22. The van der Waals surface area contributed by atoms with Crippen molar-refractivity contribution < 1.29 is 19.4 Å². The topological polar surface area (TPSA) is 80.6 Å². The van der Waals surface area contributed by atoms with Crippen molar-refractivity contribution in [3.63, 3.8) is 0 Å². The molecule has 45 heavy (non-hydrogen) atoms. The van der Waals surface area contributed by atoms with Gasteiger partial charge in [-0.3, -0.25) is 4.79 Å². The number of fused-ring (bicyclic) bond motifs is 1. The second-order valence-corrected chi connectivity index (χ2v) is 11.9. The average molecular weight is 644 g/mol. The lowest BCUT2D eigenvalue weighted by Crippen LogP contribution is -2.24. The number of benzene rings is 4. The van der Waals surface area contributed by atoms with E-state index in [1.54, 1.807) is 48.5 Å². The molecule has 0 spiro atoms. The molecule has 0 bridgehead atoms. The molecular weight excluding hydrogens is 607 g/mol. The molecule has 0 aliphatic carbocycles. The van der Waals surface area contributed by atoms with Crippen LogP contribution in [0.25, 0.3) is 33.2 Å². The summed E-state index contributed by atoms with van der Waals surface area (Å²) in [7, 11) is 0. The lowest BCUT2D eigenvalue weighted by molar-refractivity contribution is -0.139. The van der Waals surface area contributed by atoms with E-state index in [4.69, 9.17) is 27.9 Å². The first-order chi connectivity index (χ1) is 21.9. The molecule has 1 heterocycles. The van der Waals surface area contributed by atoms with E-state index in [-0.39, 0.29) is 5.91 Å². The van der Waals surface area contributed by atoms with Crippen molar-refractivity contribution in [1.82, 2.24) is 9.88 Å². The van der Waals surface area contributed by atoms with E-state index in [0.29, 0.717) is 50.2 Å². The van der Waals surface area contributed by atoms with E-state index in [2.05, 4.69) is 46.4 Å². The quantitative estimate of drug-likeness (QED) is 0.111. The van der Waals surface area contributed by atoms with Crippen molar-refractivity contribution in [2.45, 2.75) is 45.1 Å². The molecule has 0 unspecified atom stereocenters. The van der Waals surface area contributed by atoms with Crippen molar-refractivity contribution >= 4 is 46.0 Å². The number of aromatic nitrogens is 1. The first kappa shape index (κ1) is 32.1. The highest BCUT2D eigenvalue weighted by atomic mass is 35.5. The molecule has 0 aliphatic heterocycles. The zero-order valence-electron chi connectivity index (χ0n) is 25.0. The number of carbonyl (C=O) groups excluding carboxylic acids is 1. The van der Waals surface area contributed by atoms with Gasteiger partial charge in [0.05, 0.1) is 0 Å². The first-order valence-electron chi connectivity index (χ1n) is 15.3. The molecule has 0 radical (unpaired) electrons. The molecule has 0 atom stereocenters. The van der Waals surface area contributed by atoms with Crippen molar-refractivity contribution in [2.75, 3.05) is 13.2 Å². The van der Waals surface area contributed by atoms with Gasteiger partial charge in [-0.2, -0.15) is 0 Å². The van der Waals surface area contributed by atoms with Gasteiger partial charge < -0.3 is 19.7 Å². The van der Waals surface area contributed by atoms with Crippen LogP contribution in [0.5, 0.6) is 5.75 Å². The van der Waals surface area contributed by atoms with E-state index < -0.39 is 12.6 Å². The van der Waals surface area contributed by atoms with Crippen LogP contribution in [0.2, 0.25) is 10.0 Å². The maximum absolute atomic E-state index is 13.4. The number of carboxylic acid groups (broad SMARTS) is 1. The Morgan fingerprint density at radius 1 is 0.733 bits per heavy atom. The molecule has 0 fully saturated rings. The molecule has 5 aromatic rings. The number of carboxylic acids is 1. The van der Waals surface area contributed by atoms with Crippen LogP contribution in [0.3, 0.4) is 0 Å². The molecule has 232 valence electrons. The van der Waals surface area contributed by atoms with Gasteiger partial charge in [-0.1, -0.05) is 91.3 Å². The highest BCUT2D eigenvalue weighted by Crippen LogP contribution is 2.41. The molecule has 0 saturated carbocycles. The van der Waals surface area contributed by atoms with Gasteiger partial charge in [0.25, 0.3) is 5.91 Å². The Hall–Kier alpha value is -4.26. The summed E-state index contributed by atoms with van der Waals surface area (Å²) in [5.74, 6) is -0.992. The van der Waals surface area contributed by atoms with Gasteiger partial charge in [0.15, 0.2) is 6.61 Å². The number of aliphatic carboxylic acids is 1. The maximum Gasteiger partial charge on any atom is 0.341 e. The highest BCUT2D eigenvalue weighted by Gasteiger charge is 2.20. The summed E-state index contributed by atoms with van der Waals surface area (Å²) in [6.07, 6.45) is 8.69. The molecule has 0 saturated heterocycles. The van der Waals surface area contributed by atoms with Crippen molar-refractivity contribution in [3.05, 3.63) is 113 Å². The van der Waals surface area contributed by atoms with Crippen LogP contribution in [0, 0.1) is 0 Å². The molecule has 4 aromatic carbocycles. The van der Waals surface area contributed by atoms with Crippen molar-refractivity contribution in [3.8, 4) is 28.0 Å². The summed E-state index contributed by atoms with van der Waals surface area (Å²) in [5, 5.41) is 14.7. The number of rotatable bonds is 15. The summed E-state index contributed by atoms with van der Waals surface area (Å²) in [6.45, 7) is 1.04. The van der Waals surface area contributed by atoms with Gasteiger partial charge in [0, 0.05) is 51.5 Å². The van der Waals surface area contributed by atoms with Crippen molar-refractivity contribution in [2.24, 2.45) is 0 Å². The van der Waals surface area contributed by atoms with Crippen LogP contribution in [0.15, 0.2) is 97.2 Å². The molecule has 0 aliphatic rings. The second kappa shape index (κ2) is 15.6. The number of aryl methyl sites for hydroxylation is 1. The number of amides is 1. The van der Waals surface area contributed by atoms with Crippen LogP contribution in [-0.4, -0.2) is 34.7 Å². The van der Waals surface area contributed by atoms with Gasteiger partial charge >= 0.3 is 5.97 Å². The van der Waals surface area contributed by atoms with Crippen molar-refractivity contribution in [1.29, 1.82) is 0 Å². The number of halogens is 2. The molecule has 5 rings (SSSR count). The zero-order chi connectivity index (χ0) is 31.6. The molecule has 6 nitrogen and oxygen atoms in total. The van der Waals surface area contributed by atoms with Gasteiger partial charge in [0.1, 0.15) is 5.75 Å². The first-order valence-corrected chi connectivity index (χ1v) is 16.0. The number of hydrogen-bond donors (Lipinski definition) is 2. The normalized spacial score (nSPS) is 11.1. The van der Waals surface area contributed by atoms with Gasteiger partial charge in [-0.05, 0) is 77.9 Å². The minimum absolute atomic E-state index is 0.217. The van der Waals surface area contributed by atoms with Crippen LogP contribution < -0.4 is 10.1 Å². The number of carbonyl (C=O) groups is 2. The van der Waals surface area contributed by atoms with E-state index in [1.807, 2.05) is 12.1 Å². The molecular formula is C37H36Cl2N2O4. The average Bonchev–Trinajstić information content (AvgIpc) is 3.45. The number of para-hydroxylation sites is 1. The smallest absolute Gasteiger partial charge is 0.341 e. The maximum atomic E-state index is 13.4. The summed E-state index contributed by atoms with van der Waals surface area (Å²) in [4.78, 5) is 24.9. The lowest BCUT2D eigenvalue weighted by atomic mass is 9.94. The molecule has 1 aromatic heterocycles. The van der Waals surface area contributed by atoms with Gasteiger partial charge in [0.2, 0.25) is 0 Å². The standard InChI is InChI=1S/C37H36Cl2N2O4/c38-30-14-9-12-27(21-30)32-23-29(24-33(36(32)45-25-35(42)43)28-13-10-15-31(39)22-28)37(44)40-18-7-3-1-2-4-8-19-41-20-17-26-11-5-6-16-34(26)41/h5-6,9-17,20-24H,1-4,7-8,18-19,25H2,(H,40,44)(H,42,43). The molecule has 1 amide bonds. The number of ether oxygens (including phenoxy) is 1. The Kier molecular flexibility index (Phi) is 11.2. The van der Waals surface area contributed by atoms with Gasteiger partial charge in [-0.15, -0.1) is 0 Å². The number of hydrogen-bond acceptors (Lipinski definition) is 3. The fourth-order valence-electron chi connectivity index (χ4n) is 5.54. The second-order valence-electron chi connectivity index (χ2n) is 11.0. The number of nitrogens with one attached hydrogen (secondary N) is 1. The minimum atomic E-state index is -1.11. The predicted octanol–water partition coefficient (Wildman–Crippen LogP) is 9.52. The highest BCUT2D eigenvalue weighted by molar-refractivity contribution is 6.31. The third kappa shape index (κ3) is 8.68. The SMILES string of the molecule is O=C(O)COc1c(-c2cccc(Cl)c2)cc(C(=O)NCCCCCCCCn2ccc3ccccc32)cc1-c1cccc(Cl)c1. The van der Waals surface area contributed by atoms with Crippen LogP contribution in [-0.2, 0) is 11.3 Å². The summed E-state index contributed by atoms with van der Waals surface area (Å²) >= 11 is 12.6. The fourth-order valence-corrected chi connectivity index (χ4v) is 5.92. The van der Waals surface area contributed by atoms with E-state index >= 15 is 0 Å².